The number of ether oxygens (including phenoxy) is 4. The van der Waals surface area contributed by atoms with Gasteiger partial charge in [0.25, 0.3) is 0 Å². The molecule has 0 N–H and O–H groups in total. The minimum Gasteiger partial charge on any atom is -0.491 e. The molecule has 180 valence electrons. The van der Waals surface area contributed by atoms with Crippen LogP contribution in [0.5, 0.6) is 23.0 Å². The summed E-state index contributed by atoms with van der Waals surface area (Å²) in [6.07, 6.45) is -3.28. The maximum absolute atomic E-state index is 13.7. The Morgan fingerprint density at radius 3 is 2.60 bits per heavy atom. The summed E-state index contributed by atoms with van der Waals surface area (Å²) in [5, 5.41) is 0. The first-order valence-electron chi connectivity index (χ1n) is 10.9. The number of aromatic nitrogens is 1. The minimum absolute atomic E-state index is 0.0131. The van der Waals surface area contributed by atoms with Gasteiger partial charge in [-0.1, -0.05) is 6.07 Å². The summed E-state index contributed by atoms with van der Waals surface area (Å²) >= 11 is 0. The lowest BCUT2D eigenvalue weighted by molar-refractivity contribution is -0.138. The highest BCUT2D eigenvalue weighted by molar-refractivity contribution is 6.12. The highest BCUT2D eigenvalue weighted by atomic mass is 19.4. The van der Waals surface area contributed by atoms with Gasteiger partial charge in [0.1, 0.15) is 43.3 Å². The number of amides is 1. The third-order valence-electron chi connectivity index (χ3n) is 6.57. The third-order valence-corrected chi connectivity index (χ3v) is 6.57. The van der Waals surface area contributed by atoms with Crippen molar-refractivity contribution in [2.45, 2.75) is 18.2 Å². The van der Waals surface area contributed by atoms with Gasteiger partial charge in [0.15, 0.2) is 11.5 Å². The molecule has 0 saturated heterocycles. The van der Waals surface area contributed by atoms with Crippen LogP contribution >= 0.6 is 0 Å². The van der Waals surface area contributed by atoms with Gasteiger partial charge in [0.2, 0.25) is 5.91 Å². The number of carbonyl (C=O) groups is 1. The molecule has 0 saturated carbocycles. The van der Waals surface area contributed by atoms with E-state index in [0.29, 0.717) is 47.3 Å². The second-order valence-electron chi connectivity index (χ2n) is 8.48. The molecule has 1 unspecified atom stereocenters. The summed E-state index contributed by atoms with van der Waals surface area (Å²) in [5.74, 6) is 1.58. The Morgan fingerprint density at radius 2 is 1.83 bits per heavy atom. The number of alkyl halides is 3. The predicted octanol–water partition coefficient (Wildman–Crippen LogP) is 4.11. The van der Waals surface area contributed by atoms with E-state index < -0.39 is 23.8 Å². The van der Waals surface area contributed by atoms with Crippen LogP contribution in [0.4, 0.5) is 18.9 Å². The third kappa shape index (κ3) is 3.12. The van der Waals surface area contributed by atoms with Crippen molar-refractivity contribution in [3.05, 3.63) is 71.0 Å². The summed E-state index contributed by atoms with van der Waals surface area (Å²) in [4.78, 5) is 19.1. The number of hydrogen-bond donors (Lipinski definition) is 0. The highest BCUT2D eigenvalue weighted by Gasteiger charge is 2.58. The zero-order valence-electron chi connectivity index (χ0n) is 18.5. The number of benzene rings is 2. The first kappa shape index (κ1) is 21.6. The average Bonchev–Trinajstić information content (AvgIpc) is 3.33. The number of pyridine rings is 1. The molecule has 1 spiro atoms. The molecule has 1 amide bonds. The van der Waals surface area contributed by atoms with E-state index in [-0.39, 0.29) is 24.0 Å². The molecule has 6 rings (SSSR count). The summed E-state index contributed by atoms with van der Waals surface area (Å²) < 4.78 is 63.6. The molecule has 0 aliphatic carbocycles. The molecule has 3 aromatic rings. The maximum Gasteiger partial charge on any atom is 0.418 e. The molecular formula is C25H19F3N2O5. The van der Waals surface area contributed by atoms with Crippen molar-refractivity contribution < 1.29 is 36.9 Å². The van der Waals surface area contributed by atoms with Gasteiger partial charge in [-0.15, -0.1) is 0 Å². The summed E-state index contributed by atoms with van der Waals surface area (Å²) in [7, 11) is 1.65. The largest absolute Gasteiger partial charge is 0.491 e. The fourth-order valence-electron chi connectivity index (χ4n) is 4.98. The van der Waals surface area contributed by atoms with Crippen molar-refractivity contribution in [1.29, 1.82) is 0 Å². The first-order chi connectivity index (χ1) is 16.8. The van der Waals surface area contributed by atoms with E-state index in [1.54, 1.807) is 37.4 Å². The van der Waals surface area contributed by atoms with Crippen molar-refractivity contribution in [1.82, 2.24) is 4.98 Å². The monoisotopic (exact) mass is 484 g/mol. The molecule has 0 fully saturated rings. The van der Waals surface area contributed by atoms with Crippen LogP contribution in [-0.2, 0) is 23.0 Å². The van der Waals surface area contributed by atoms with E-state index in [1.165, 1.54) is 17.2 Å². The van der Waals surface area contributed by atoms with Crippen LogP contribution in [0.1, 0.15) is 22.4 Å². The molecule has 1 atom stereocenters. The smallest absolute Gasteiger partial charge is 0.418 e. The first-order valence-corrected chi connectivity index (χ1v) is 10.9. The molecule has 35 heavy (non-hydrogen) atoms. The van der Waals surface area contributed by atoms with Crippen LogP contribution in [0.3, 0.4) is 0 Å². The Morgan fingerprint density at radius 1 is 1.06 bits per heavy atom. The van der Waals surface area contributed by atoms with Crippen molar-refractivity contribution in [2.24, 2.45) is 0 Å². The lowest BCUT2D eigenvalue weighted by Gasteiger charge is -2.25. The quantitative estimate of drug-likeness (QED) is 0.558. The normalized spacial score (nSPS) is 20.0. The fraction of sp³-hybridized carbons (Fsp3) is 0.280. The summed E-state index contributed by atoms with van der Waals surface area (Å²) in [5.41, 5.74) is -0.616. The zero-order valence-corrected chi connectivity index (χ0v) is 18.5. The minimum atomic E-state index is -4.57. The molecule has 10 heteroatoms. The van der Waals surface area contributed by atoms with Gasteiger partial charge in [-0.2, -0.15) is 13.2 Å². The molecule has 3 aliphatic rings. The van der Waals surface area contributed by atoms with Gasteiger partial charge in [0.05, 0.1) is 16.9 Å². The van der Waals surface area contributed by atoms with E-state index in [2.05, 4.69) is 4.98 Å². The van der Waals surface area contributed by atoms with E-state index in [0.717, 1.165) is 6.07 Å². The van der Waals surface area contributed by atoms with Crippen LogP contribution in [0.15, 0.2) is 48.7 Å². The van der Waals surface area contributed by atoms with Gasteiger partial charge in [-0.3, -0.25) is 9.78 Å². The fourth-order valence-corrected chi connectivity index (χ4v) is 4.98. The lowest BCUT2D eigenvalue weighted by atomic mass is 9.76. The Labute approximate surface area is 198 Å². The van der Waals surface area contributed by atoms with E-state index in [9.17, 15) is 18.0 Å². The SMILES string of the molecule is CN1C(=O)C2(COc3cc4c(cc32)OCCO4)c2c(OCc3ncccc3C(F)(F)F)cccc21. The van der Waals surface area contributed by atoms with Gasteiger partial charge in [-0.25, -0.2) is 0 Å². The summed E-state index contributed by atoms with van der Waals surface area (Å²) in [6.45, 7) is 0.380. The van der Waals surface area contributed by atoms with Crippen LogP contribution in [-0.4, -0.2) is 37.8 Å². The zero-order chi connectivity index (χ0) is 24.4. The molecule has 3 aliphatic heterocycles. The van der Waals surface area contributed by atoms with Gasteiger partial charge < -0.3 is 23.8 Å². The number of anilines is 1. The number of hydrogen-bond acceptors (Lipinski definition) is 6. The van der Waals surface area contributed by atoms with Crippen molar-refractivity contribution in [3.8, 4) is 23.0 Å². The van der Waals surface area contributed by atoms with Crippen molar-refractivity contribution >= 4 is 11.6 Å². The van der Waals surface area contributed by atoms with Gasteiger partial charge in [-0.05, 0) is 30.3 Å². The van der Waals surface area contributed by atoms with E-state index in [1.807, 2.05) is 0 Å². The molecule has 4 heterocycles. The number of fused-ring (bicyclic) bond motifs is 5. The molecule has 1 aromatic heterocycles. The maximum atomic E-state index is 13.7. The Kier molecular flexibility index (Phi) is 4.64. The van der Waals surface area contributed by atoms with Gasteiger partial charge >= 0.3 is 6.18 Å². The van der Waals surface area contributed by atoms with E-state index in [4.69, 9.17) is 18.9 Å². The second-order valence-corrected chi connectivity index (χ2v) is 8.48. The van der Waals surface area contributed by atoms with E-state index >= 15 is 0 Å². The van der Waals surface area contributed by atoms with Crippen LogP contribution < -0.4 is 23.8 Å². The number of carbonyl (C=O) groups excluding carboxylic acids is 1. The van der Waals surface area contributed by atoms with Crippen molar-refractivity contribution in [3.63, 3.8) is 0 Å². The molecule has 0 bridgehead atoms. The summed E-state index contributed by atoms with van der Waals surface area (Å²) in [6, 6.07) is 10.7. The van der Waals surface area contributed by atoms with Crippen molar-refractivity contribution in [2.75, 3.05) is 31.8 Å². The standard InChI is InChI=1S/C25H19F3N2O5/c1-30-17-5-2-6-18(34-12-16-14(25(26,27)28)4-3-7-29-16)22(17)24(23(30)31)13-35-19-11-21-20(10-15(19)24)32-8-9-33-21/h2-7,10-11H,8-9,12-13H2,1H3. The average molecular weight is 484 g/mol. The number of nitrogens with zero attached hydrogens (tertiary/aromatic N) is 2. The molecule has 7 nitrogen and oxygen atoms in total. The number of rotatable bonds is 3. The Balaban J connectivity index is 1.45. The predicted molar refractivity (Wildman–Crippen MR) is 117 cm³/mol. The van der Waals surface area contributed by atoms with Crippen LogP contribution in [0.2, 0.25) is 0 Å². The van der Waals surface area contributed by atoms with Gasteiger partial charge in [0, 0.05) is 30.4 Å². The van der Waals surface area contributed by atoms with Crippen LogP contribution in [0, 0.1) is 0 Å². The molecule has 2 aromatic carbocycles. The Hall–Kier alpha value is -3.95. The number of halogens is 3. The Bertz CT molecular complexity index is 1360. The highest BCUT2D eigenvalue weighted by Crippen LogP contribution is 2.57. The number of likely N-dealkylation sites (N-methyl/N-ethyl adjacent to an activating group) is 1. The second kappa shape index (κ2) is 7.53. The molecule has 0 radical (unpaired) electrons. The lowest BCUT2D eigenvalue weighted by Crippen LogP contribution is -2.41. The van der Waals surface area contributed by atoms with Crippen LogP contribution in [0.25, 0.3) is 0 Å². The molecular weight excluding hydrogens is 465 g/mol. The topological polar surface area (TPSA) is 70.1 Å².